The Bertz CT molecular complexity index is 528. The number of ether oxygens (including phenoxy) is 1. The number of hydrogen-bond acceptors (Lipinski definition) is 2. The molecule has 0 fully saturated rings. The molecule has 0 atom stereocenters. The number of carboxylic acids is 1. The maximum Gasteiger partial charge on any atom is 0.335 e. The average molecular weight is 205 g/mol. The Balaban J connectivity index is 2.79. The fraction of sp³-hybridized carbons (Fsp3) is 0.182. The number of rotatable bonds is 2. The average Bonchev–Trinajstić information content (AvgIpc) is 2.59. The molecule has 0 radical (unpaired) electrons. The molecule has 4 nitrogen and oxygen atoms in total. The second kappa shape index (κ2) is 3.31. The molecule has 0 aliphatic carbocycles. The first-order chi connectivity index (χ1) is 7.13. The molecule has 1 N–H and O–H groups in total. The van der Waals surface area contributed by atoms with E-state index in [4.69, 9.17) is 9.84 Å². The van der Waals surface area contributed by atoms with E-state index >= 15 is 0 Å². The van der Waals surface area contributed by atoms with Crippen LogP contribution >= 0.6 is 0 Å². The highest BCUT2D eigenvalue weighted by Crippen LogP contribution is 2.27. The van der Waals surface area contributed by atoms with Gasteiger partial charge < -0.3 is 14.4 Å². The molecule has 78 valence electrons. The highest BCUT2D eigenvalue weighted by Gasteiger charge is 2.11. The number of aryl methyl sites for hydroxylation is 1. The largest absolute Gasteiger partial charge is 0.495 e. The summed E-state index contributed by atoms with van der Waals surface area (Å²) in [5.41, 5.74) is 1.15. The van der Waals surface area contributed by atoms with Gasteiger partial charge in [0, 0.05) is 18.6 Å². The van der Waals surface area contributed by atoms with Gasteiger partial charge >= 0.3 is 5.97 Å². The van der Waals surface area contributed by atoms with Crippen molar-refractivity contribution >= 4 is 16.9 Å². The van der Waals surface area contributed by atoms with Crippen molar-refractivity contribution in [1.29, 1.82) is 0 Å². The summed E-state index contributed by atoms with van der Waals surface area (Å²) >= 11 is 0. The zero-order valence-corrected chi connectivity index (χ0v) is 8.52. The smallest absolute Gasteiger partial charge is 0.335 e. The Morgan fingerprint density at radius 1 is 1.47 bits per heavy atom. The first kappa shape index (κ1) is 9.58. The van der Waals surface area contributed by atoms with Gasteiger partial charge in [-0.2, -0.15) is 0 Å². The van der Waals surface area contributed by atoms with Crippen molar-refractivity contribution in [2.45, 2.75) is 0 Å². The summed E-state index contributed by atoms with van der Waals surface area (Å²) < 4.78 is 7.08. The molecule has 0 unspecified atom stereocenters. The van der Waals surface area contributed by atoms with E-state index in [1.807, 2.05) is 23.9 Å². The quantitative estimate of drug-likeness (QED) is 0.814. The fourth-order valence-electron chi connectivity index (χ4n) is 1.68. The predicted octanol–water partition coefficient (Wildman–Crippen LogP) is 1.89. The van der Waals surface area contributed by atoms with Gasteiger partial charge in [-0.1, -0.05) is 0 Å². The van der Waals surface area contributed by atoms with Crippen LogP contribution in [0, 0.1) is 0 Å². The molecule has 0 spiro atoms. The van der Waals surface area contributed by atoms with Crippen molar-refractivity contribution in [3.05, 3.63) is 30.0 Å². The van der Waals surface area contributed by atoms with Crippen LogP contribution < -0.4 is 4.74 Å². The van der Waals surface area contributed by atoms with Crippen LogP contribution in [-0.2, 0) is 7.05 Å². The van der Waals surface area contributed by atoms with E-state index in [0.29, 0.717) is 5.75 Å². The third kappa shape index (κ3) is 1.44. The Morgan fingerprint density at radius 3 is 2.80 bits per heavy atom. The lowest BCUT2D eigenvalue weighted by atomic mass is 10.1. The first-order valence-electron chi connectivity index (χ1n) is 4.50. The van der Waals surface area contributed by atoms with E-state index in [9.17, 15) is 4.79 Å². The van der Waals surface area contributed by atoms with Crippen molar-refractivity contribution < 1.29 is 14.6 Å². The number of hydrogen-bond donors (Lipinski definition) is 1. The van der Waals surface area contributed by atoms with Crippen LogP contribution in [0.2, 0.25) is 0 Å². The number of fused-ring (bicyclic) bond motifs is 1. The van der Waals surface area contributed by atoms with E-state index in [0.717, 1.165) is 10.9 Å². The van der Waals surface area contributed by atoms with E-state index in [1.165, 1.54) is 13.2 Å². The van der Waals surface area contributed by atoms with Gasteiger partial charge in [-0.05, 0) is 18.2 Å². The zero-order chi connectivity index (χ0) is 11.0. The van der Waals surface area contributed by atoms with Crippen LogP contribution in [0.15, 0.2) is 24.4 Å². The summed E-state index contributed by atoms with van der Waals surface area (Å²) in [6.07, 6.45) is 1.87. The molecule has 1 aromatic carbocycles. The number of aromatic nitrogens is 1. The molecule has 0 bridgehead atoms. The Hall–Kier alpha value is -1.97. The topological polar surface area (TPSA) is 51.5 Å². The number of methoxy groups -OCH3 is 1. The second-order valence-electron chi connectivity index (χ2n) is 3.35. The molecule has 0 saturated carbocycles. The molecule has 2 rings (SSSR count). The van der Waals surface area contributed by atoms with Gasteiger partial charge in [0.1, 0.15) is 5.75 Å². The number of benzene rings is 1. The predicted molar refractivity (Wildman–Crippen MR) is 56.4 cm³/mol. The number of carboxylic acid groups (broad SMARTS) is 1. The Morgan fingerprint density at radius 2 is 2.20 bits per heavy atom. The van der Waals surface area contributed by atoms with E-state index in [-0.39, 0.29) is 5.56 Å². The molecule has 1 heterocycles. The van der Waals surface area contributed by atoms with Gasteiger partial charge in [-0.25, -0.2) is 4.79 Å². The standard InChI is InChI=1S/C11H11NO3/c1-12-4-3-7-5-8(11(13)14)6-9(15-2)10(7)12/h3-6H,1-2H3,(H,13,14). The van der Waals surface area contributed by atoms with Gasteiger partial charge in [0.25, 0.3) is 0 Å². The van der Waals surface area contributed by atoms with Crippen molar-refractivity contribution in [3.63, 3.8) is 0 Å². The van der Waals surface area contributed by atoms with Crippen molar-refractivity contribution in [3.8, 4) is 5.75 Å². The van der Waals surface area contributed by atoms with Gasteiger partial charge in [0.2, 0.25) is 0 Å². The van der Waals surface area contributed by atoms with Crippen LogP contribution in [0.1, 0.15) is 10.4 Å². The summed E-state index contributed by atoms with van der Waals surface area (Å²) in [7, 11) is 3.43. The molecule has 0 amide bonds. The minimum atomic E-state index is -0.945. The normalized spacial score (nSPS) is 10.5. The maximum atomic E-state index is 10.9. The van der Waals surface area contributed by atoms with Crippen molar-refractivity contribution in [1.82, 2.24) is 4.57 Å². The molecule has 0 aliphatic heterocycles. The fourth-order valence-corrected chi connectivity index (χ4v) is 1.68. The third-order valence-corrected chi connectivity index (χ3v) is 2.40. The Labute approximate surface area is 86.7 Å². The number of aromatic carboxylic acids is 1. The van der Waals surface area contributed by atoms with Crippen LogP contribution in [0.25, 0.3) is 10.9 Å². The number of carbonyl (C=O) groups is 1. The third-order valence-electron chi connectivity index (χ3n) is 2.40. The van der Waals surface area contributed by atoms with E-state index in [1.54, 1.807) is 6.07 Å². The number of nitrogens with zero attached hydrogens (tertiary/aromatic N) is 1. The molecule has 4 heteroatoms. The monoisotopic (exact) mass is 205 g/mol. The van der Waals surface area contributed by atoms with E-state index < -0.39 is 5.97 Å². The van der Waals surface area contributed by atoms with E-state index in [2.05, 4.69) is 0 Å². The zero-order valence-electron chi connectivity index (χ0n) is 8.52. The highest BCUT2D eigenvalue weighted by molar-refractivity contribution is 5.96. The lowest BCUT2D eigenvalue weighted by Crippen LogP contribution is -1.98. The lowest BCUT2D eigenvalue weighted by molar-refractivity contribution is 0.0696. The minimum absolute atomic E-state index is 0.241. The van der Waals surface area contributed by atoms with Crippen LogP contribution in [0.4, 0.5) is 0 Å². The molecule has 2 aromatic rings. The van der Waals surface area contributed by atoms with Crippen LogP contribution in [0.3, 0.4) is 0 Å². The van der Waals surface area contributed by atoms with Crippen LogP contribution in [0.5, 0.6) is 5.75 Å². The lowest BCUT2D eigenvalue weighted by Gasteiger charge is -2.06. The first-order valence-corrected chi connectivity index (χ1v) is 4.50. The van der Waals surface area contributed by atoms with Crippen LogP contribution in [-0.4, -0.2) is 22.8 Å². The molecule has 0 aliphatic rings. The summed E-state index contributed by atoms with van der Waals surface area (Å²) in [5, 5.41) is 9.78. The highest BCUT2D eigenvalue weighted by atomic mass is 16.5. The molecular formula is C11H11NO3. The Kier molecular flexibility index (Phi) is 2.11. The molecule has 1 aromatic heterocycles. The maximum absolute atomic E-state index is 10.9. The van der Waals surface area contributed by atoms with Crippen molar-refractivity contribution in [2.75, 3.05) is 7.11 Å². The summed E-state index contributed by atoms with van der Waals surface area (Å²) in [5.74, 6) is -0.364. The minimum Gasteiger partial charge on any atom is -0.495 e. The van der Waals surface area contributed by atoms with Gasteiger partial charge in [0.05, 0.1) is 18.2 Å². The summed E-state index contributed by atoms with van der Waals surface area (Å²) in [6.45, 7) is 0. The summed E-state index contributed by atoms with van der Waals surface area (Å²) in [6, 6.07) is 5.04. The van der Waals surface area contributed by atoms with Gasteiger partial charge in [-0.3, -0.25) is 0 Å². The molecule has 0 saturated heterocycles. The molecular weight excluding hydrogens is 194 g/mol. The SMILES string of the molecule is COc1cc(C(=O)O)cc2ccn(C)c12. The van der Waals surface area contributed by atoms with Gasteiger partial charge in [-0.15, -0.1) is 0 Å². The summed E-state index contributed by atoms with van der Waals surface area (Å²) in [4.78, 5) is 10.9. The molecule has 15 heavy (non-hydrogen) atoms. The van der Waals surface area contributed by atoms with Crippen molar-refractivity contribution in [2.24, 2.45) is 7.05 Å². The van der Waals surface area contributed by atoms with Gasteiger partial charge in [0.15, 0.2) is 0 Å². The second-order valence-corrected chi connectivity index (χ2v) is 3.35.